The van der Waals surface area contributed by atoms with E-state index in [0.717, 1.165) is 28.9 Å². The van der Waals surface area contributed by atoms with E-state index in [1.54, 1.807) is 0 Å². The Balaban J connectivity index is 2.12. The molecule has 2 rings (SSSR count). The number of nitrogens with one attached hydrogen (secondary N) is 1. The topological polar surface area (TPSA) is 38.3 Å². The lowest BCUT2D eigenvalue weighted by molar-refractivity contribution is -0.129. The predicted molar refractivity (Wildman–Crippen MR) is 107 cm³/mol. The summed E-state index contributed by atoms with van der Waals surface area (Å²) in [7, 11) is 0. The molecule has 0 heterocycles. The van der Waals surface area contributed by atoms with Crippen LogP contribution in [0.3, 0.4) is 0 Å². The number of hydrogen-bond acceptors (Lipinski definition) is 2. The fourth-order valence-corrected chi connectivity index (χ4v) is 3.19. The average molecular weight is 354 g/mol. The summed E-state index contributed by atoms with van der Waals surface area (Å²) in [6, 6.07) is 16.2. The van der Waals surface area contributed by atoms with Crippen molar-refractivity contribution in [3.63, 3.8) is 0 Å². The molecule has 0 saturated heterocycles. The van der Waals surface area contributed by atoms with Crippen LogP contribution in [0.5, 0.6) is 5.75 Å². The molecule has 140 valence electrons. The number of carbonyl (C=O) groups is 1. The van der Waals surface area contributed by atoms with Gasteiger partial charge in [0.25, 0.3) is 5.91 Å². The molecule has 0 spiro atoms. The molecule has 26 heavy (non-hydrogen) atoms. The Kier molecular flexibility index (Phi) is 7.26. The third-order valence-electron chi connectivity index (χ3n) is 4.36. The van der Waals surface area contributed by atoms with Gasteiger partial charge in [-0.25, -0.2) is 0 Å². The van der Waals surface area contributed by atoms with Crippen LogP contribution in [-0.2, 0) is 4.79 Å². The van der Waals surface area contributed by atoms with Gasteiger partial charge in [-0.1, -0.05) is 57.2 Å². The van der Waals surface area contributed by atoms with Crippen LogP contribution in [0, 0.1) is 19.8 Å². The molecular weight excluding hydrogens is 322 g/mol. The number of aryl methyl sites for hydroxylation is 2. The van der Waals surface area contributed by atoms with Crippen molar-refractivity contribution in [2.45, 2.75) is 59.6 Å². The Morgan fingerprint density at radius 1 is 1.04 bits per heavy atom. The second-order valence-corrected chi connectivity index (χ2v) is 7.44. The van der Waals surface area contributed by atoms with Crippen LogP contribution in [-0.4, -0.2) is 12.0 Å². The van der Waals surface area contributed by atoms with Crippen molar-refractivity contribution in [3.05, 3.63) is 65.2 Å². The van der Waals surface area contributed by atoms with Crippen molar-refractivity contribution in [2.75, 3.05) is 0 Å². The molecule has 0 aliphatic rings. The van der Waals surface area contributed by atoms with Crippen LogP contribution in [0.25, 0.3) is 0 Å². The fourth-order valence-electron chi connectivity index (χ4n) is 3.19. The maximum atomic E-state index is 12.9. The minimum absolute atomic E-state index is 0.000551. The summed E-state index contributed by atoms with van der Waals surface area (Å²) in [6.45, 7) is 10.4. The molecule has 2 aromatic rings. The van der Waals surface area contributed by atoms with Crippen LogP contribution in [0.1, 0.15) is 56.3 Å². The largest absolute Gasteiger partial charge is 0.481 e. The van der Waals surface area contributed by atoms with Gasteiger partial charge in [-0.15, -0.1) is 0 Å². The van der Waals surface area contributed by atoms with E-state index in [1.807, 2.05) is 51.1 Å². The van der Waals surface area contributed by atoms with Crippen LogP contribution in [0.15, 0.2) is 48.5 Å². The van der Waals surface area contributed by atoms with Crippen molar-refractivity contribution in [1.82, 2.24) is 5.32 Å². The smallest absolute Gasteiger partial charge is 0.261 e. The van der Waals surface area contributed by atoms with E-state index in [2.05, 4.69) is 37.4 Å². The molecule has 2 aromatic carbocycles. The molecule has 0 bridgehead atoms. The highest BCUT2D eigenvalue weighted by atomic mass is 16.5. The third-order valence-corrected chi connectivity index (χ3v) is 4.36. The second kappa shape index (κ2) is 9.42. The van der Waals surface area contributed by atoms with Crippen molar-refractivity contribution in [1.29, 1.82) is 0 Å². The molecule has 2 atom stereocenters. The van der Waals surface area contributed by atoms with Gasteiger partial charge in [0.2, 0.25) is 0 Å². The van der Waals surface area contributed by atoms with Gasteiger partial charge in [0.05, 0.1) is 6.04 Å². The third kappa shape index (κ3) is 5.91. The SMILES string of the molecule is CC[C@H](Oc1cc(C)cc(C)c1)C(=O)N[C@@H](CC(C)C)c1ccccc1. The monoisotopic (exact) mass is 353 g/mol. The van der Waals surface area contributed by atoms with Gasteiger partial charge >= 0.3 is 0 Å². The number of amides is 1. The lowest BCUT2D eigenvalue weighted by atomic mass is 9.96. The lowest BCUT2D eigenvalue weighted by Crippen LogP contribution is -2.40. The molecule has 1 N–H and O–H groups in total. The van der Waals surface area contributed by atoms with Gasteiger partial charge in [0.15, 0.2) is 6.10 Å². The second-order valence-electron chi connectivity index (χ2n) is 7.44. The molecule has 0 aliphatic heterocycles. The van der Waals surface area contributed by atoms with E-state index in [4.69, 9.17) is 4.74 Å². The highest BCUT2D eigenvalue weighted by Crippen LogP contribution is 2.23. The molecule has 0 fully saturated rings. The highest BCUT2D eigenvalue weighted by molar-refractivity contribution is 5.81. The van der Waals surface area contributed by atoms with Crippen molar-refractivity contribution < 1.29 is 9.53 Å². The predicted octanol–water partition coefficient (Wildman–Crippen LogP) is 5.36. The lowest BCUT2D eigenvalue weighted by Gasteiger charge is -2.24. The van der Waals surface area contributed by atoms with Gasteiger partial charge in [-0.05, 0) is 61.4 Å². The number of ether oxygens (including phenoxy) is 1. The van der Waals surface area contributed by atoms with Gasteiger partial charge < -0.3 is 10.1 Å². The summed E-state index contributed by atoms with van der Waals surface area (Å²) in [6.07, 6.45) is 1.03. The summed E-state index contributed by atoms with van der Waals surface area (Å²) in [5.74, 6) is 1.19. The van der Waals surface area contributed by atoms with E-state index < -0.39 is 6.10 Å². The minimum atomic E-state index is -0.491. The molecule has 3 heteroatoms. The molecular formula is C23H31NO2. The molecule has 0 aliphatic carbocycles. The molecule has 3 nitrogen and oxygen atoms in total. The average Bonchev–Trinajstić information content (AvgIpc) is 2.58. The summed E-state index contributed by atoms with van der Waals surface area (Å²) in [5, 5.41) is 3.20. The summed E-state index contributed by atoms with van der Waals surface area (Å²) in [5.41, 5.74) is 3.41. The molecule has 0 radical (unpaired) electrons. The van der Waals surface area contributed by atoms with E-state index >= 15 is 0 Å². The Bertz CT molecular complexity index is 689. The number of carbonyl (C=O) groups excluding carboxylic acids is 1. The maximum absolute atomic E-state index is 12.9. The zero-order valence-corrected chi connectivity index (χ0v) is 16.6. The van der Waals surface area contributed by atoms with Crippen LogP contribution < -0.4 is 10.1 Å². The van der Waals surface area contributed by atoms with Gasteiger partial charge in [0, 0.05) is 0 Å². The van der Waals surface area contributed by atoms with E-state index in [0.29, 0.717) is 12.3 Å². The van der Waals surface area contributed by atoms with Crippen molar-refractivity contribution in [3.8, 4) is 5.75 Å². The Hall–Kier alpha value is -2.29. The molecule has 0 aromatic heterocycles. The number of benzene rings is 2. The Labute approximate surface area is 157 Å². The van der Waals surface area contributed by atoms with Crippen LogP contribution >= 0.6 is 0 Å². The normalized spacial score (nSPS) is 13.3. The van der Waals surface area contributed by atoms with E-state index in [1.165, 1.54) is 0 Å². The van der Waals surface area contributed by atoms with Gasteiger partial charge in [-0.3, -0.25) is 4.79 Å². The maximum Gasteiger partial charge on any atom is 0.261 e. The minimum Gasteiger partial charge on any atom is -0.481 e. The van der Waals surface area contributed by atoms with Crippen LogP contribution in [0.4, 0.5) is 0 Å². The zero-order valence-electron chi connectivity index (χ0n) is 16.6. The fraction of sp³-hybridized carbons (Fsp3) is 0.435. The first-order chi connectivity index (χ1) is 12.4. The highest BCUT2D eigenvalue weighted by Gasteiger charge is 2.23. The molecule has 0 saturated carbocycles. The molecule has 1 amide bonds. The van der Waals surface area contributed by atoms with E-state index in [9.17, 15) is 4.79 Å². The first kappa shape index (κ1) is 20.0. The van der Waals surface area contributed by atoms with Crippen LogP contribution in [0.2, 0.25) is 0 Å². The molecule has 0 unspecified atom stereocenters. The zero-order chi connectivity index (χ0) is 19.1. The van der Waals surface area contributed by atoms with E-state index in [-0.39, 0.29) is 11.9 Å². The standard InChI is InChI=1S/C23H31NO2/c1-6-22(26-20-14-17(4)13-18(5)15-20)23(25)24-21(12-16(2)3)19-10-8-7-9-11-19/h7-11,13-16,21-22H,6,12H2,1-5H3,(H,24,25)/t21-,22-/m0/s1. The quantitative estimate of drug-likeness (QED) is 0.693. The summed E-state index contributed by atoms with van der Waals surface area (Å²) < 4.78 is 6.02. The summed E-state index contributed by atoms with van der Waals surface area (Å²) >= 11 is 0. The van der Waals surface area contributed by atoms with Gasteiger partial charge in [0.1, 0.15) is 5.75 Å². The number of rotatable bonds is 8. The summed E-state index contributed by atoms with van der Waals surface area (Å²) in [4.78, 5) is 12.9. The van der Waals surface area contributed by atoms with Crippen molar-refractivity contribution >= 4 is 5.91 Å². The Morgan fingerprint density at radius 3 is 2.19 bits per heavy atom. The Morgan fingerprint density at radius 2 is 1.65 bits per heavy atom. The first-order valence-electron chi connectivity index (χ1n) is 9.49. The number of hydrogen-bond donors (Lipinski definition) is 1. The van der Waals surface area contributed by atoms with Crippen molar-refractivity contribution in [2.24, 2.45) is 5.92 Å². The first-order valence-corrected chi connectivity index (χ1v) is 9.49. The van der Waals surface area contributed by atoms with Gasteiger partial charge in [-0.2, -0.15) is 0 Å².